The summed E-state index contributed by atoms with van der Waals surface area (Å²) in [5.41, 5.74) is -0.679. The van der Waals surface area contributed by atoms with Crippen LogP contribution in [0, 0.1) is 5.82 Å². The van der Waals surface area contributed by atoms with Gasteiger partial charge in [0.15, 0.2) is 11.5 Å². The van der Waals surface area contributed by atoms with Crippen molar-refractivity contribution in [3.05, 3.63) is 53.3 Å². The van der Waals surface area contributed by atoms with E-state index in [2.05, 4.69) is 21.6 Å². The Morgan fingerprint density at radius 1 is 1.09 bits per heavy atom. The van der Waals surface area contributed by atoms with Crippen LogP contribution in [0.5, 0.6) is 11.5 Å². The molecule has 4 rings (SSSR count). The van der Waals surface area contributed by atoms with Crippen molar-refractivity contribution in [1.82, 2.24) is 10.2 Å². The number of rotatable bonds is 5. The van der Waals surface area contributed by atoms with Gasteiger partial charge in [0, 0.05) is 17.5 Å². The standard InChI is InChI=1S/C25H29F4N3O3/c1-32-11-10-24(15-4-7-20(34-2)21(12-15)35-3)9-8-17(14-22(24)32)30-23(33)31-19-6-5-16(26)13-18(19)25(27,28)29/h4-7,12-13,17,22H,8-11,14H2,1-3H3,(H2,30,31,33). The van der Waals surface area contributed by atoms with Gasteiger partial charge in [0.05, 0.1) is 25.5 Å². The van der Waals surface area contributed by atoms with E-state index < -0.39 is 29.3 Å². The van der Waals surface area contributed by atoms with E-state index >= 15 is 0 Å². The molecule has 3 atom stereocenters. The lowest BCUT2D eigenvalue weighted by molar-refractivity contribution is -0.137. The molecule has 1 aliphatic carbocycles. The van der Waals surface area contributed by atoms with Crippen LogP contribution in [-0.2, 0) is 11.6 Å². The summed E-state index contributed by atoms with van der Waals surface area (Å²) in [4.78, 5) is 14.9. The number of ether oxygens (including phenoxy) is 2. The molecule has 2 aromatic carbocycles. The van der Waals surface area contributed by atoms with Gasteiger partial charge in [-0.25, -0.2) is 9.18 Å². The Labute approximate surface area is 201 Å². The molecule has 3 unspecified atom stereocenters. The predicted molar refractivity (Wildman–Crippen MR) is 123 cm³/mol. The largest absolute Gasteiger partial charge is 0.493 e. The number of urea groups is 1. The summed E-state index contributed by atoms with van der Waals surface area (Å²) in [6.07, 6.45) is -1.73. The molecule has 2 N–H and O–H groups in total. The highest BCUT2D eigenvalue weighted by Crippen LogP contribution is 2.50. The third-order valence-electron chi connectivity index (χ3n) is 7.36. The summed E-state index contributed by atoms with van der Waals surface area (Å²) < 4.78 is 64.1. The number of carbonyl (C=O) groups excluding carboxylic acids is 1. The number of likely N-dealkylation sites (N-methyl/N-ethyl adjacent to an activating group) is 1. The Kier molecular flexibility index (Phi) is 6.86. The summed E-state index contributed by atoms with van der Waals surface area (Å²) >= 11 is 0. The highest BCUT2D eigenvalue weighted by molar-refractivity contribution is 5.90. The van der Waals surface area contributed by atoms with Crippen molar-refractivity contribution < 1.29 is 31.8 Å². The first-order valence-corrected chi connectivity index (χ1v) is 11.4. The summed E-state index contributed by atoms with van der Waals surface area (Å²) in [6.45, 7) is 0.891. The molecule has 6 nitrogen and oxygen atoms in total. The molecular weight excluding hydrogens is 466 g/mol. The lowest BCUT2D eigenvalue weighted by Crippen LogP contribution is -2.52. The van der Waals surface area contributed by atoms with E-state index in [1.807, 2.05) is 19.2 Å². The number of methoxy groups -OCH3 is 2. The fourth-order valence-electron chi connectivity index (χ4n) is 5.60. The molecule has 1 saturated heterocycles. The smallest absolute Gasteiger partial charge is 0.418 e. The van der Waals surface area contributed by atoms with Gasteiger partial charge in [-0.1, -0.05) is 6.07 Å². The number of halogens is 4. The van der Waals surface area contributed by atoms with E-state index in [0.717, 1.165) is 37.1 Å². The molecular formula is C25H29F4N3O3. The normalized spacial score (nSPS) is 24.5. The number of hydrogen-bond acceptors (Lipinski definition) is 4. The summed E-state index contributed by atoms with van der Waals surface area (Å²) in [5.74, 6) is 0.292. The van der Waals surface area contributed by atoms with E-state index in [4.69, 9.17) is 9.47 Å². The third-order valence-corrected chi connectivity index (χ3v) is 7.36. The fourth-order valence-corrected chi connectivity index (χ4v) is 5.60. The minimum atomic E-state index is -4.79. The van der Waals surface area contributed by atoms with Crippen molar-refractivity contribution >= 4 is 11.7 Å². The molecule has 1 aliphatic heterocycles. The zero-order chi connectivity index (χ0) is 25.4. The Bertz CT molecular complexity index is 1090. The quantitative estimate of drug-likeness (QED) is 0.562. The summed E-state index contributed by atoms with van der Waals surface area (Å²) in [6, 6.07) is 7.33. The van der Waals surface area contributed by atoms with Gasteiger partial charge in [0.1, 0.15) is 5.82 Å². The maximum absolute atomic E-state index is 13.4. The number of likely N-dealkylation sites (tertiary alicyclic amines) is 1. The van der Waals surface area contributed by atoms with Crippen molar-refractivity contribution in [2.75, 3.05) is 33.1 Å². The van der Waals surface area contributed by atoms with Gasteiger partial charge < -0.3 is 25.0 Å². The third kappa shape index (κ3) is 4.89. The van der Waals surface area contributed by atoms with Gasteiger partial charge in [-0.05, 0) is 75.2 Å². The summed E-state index contributed by atoms with van der Waals surface area (Å²) in [5, 5.41) is 5.07. The number of nitrogens with one attached hydrogen (secondary N) is 2. The number of amides is 2. The van der Waals surface area contributed by atoms with Gasteiger partial charge >= 0.3 is 12.2 Å². The minimum absolute atomic E-state index is 0.122. The molecule has 35 heavy (non-hydrogen) atoms. The average molecular weight is 496 g/mol. The van der Waals surface area contributed by atoms with Crippen LogP contribution in [0.25, 0.3) is 0 Å². The molecule has 0 radical (unpaired) electrons. The SMILES string of the molecule is COc1ccc(C23CCC(NC(=O)Nc4ccc(F)cc4C(F)(F)F)CC2N(C)CC3)cc1OC. The highest BCUT2D eigenvalue weighted by Gasteiger charge is 2.50. The summed E-state index contributed by atoms with van der Waals surface area (Å²) in [7, 11) is 5.24. The molecule has 2 amide bonds. The Morgan fingerprint density at radius 2 is 1.83 bits per heavy atom. The molecule has 190 valence electrons. The van der Waals surface area contributed by atoms with Crippen molar-refractivity contribution in [1.29, 1.82) is 0 Å². The van der Waals surface area contributed by atoms with Gasteiger partial charge in [0.2, 0.25) is 0 Å². The number of hydrogen-bond donors (Lipinski definition) is 2. The van der Waals surface area contributed by atoms with Crippen LogP contribution in [0.1, 0.15) is 36.8 Å². The van der Waals surface area contributed by atoms with Gasteiger partial charge in [0.25, 0.3) is 0 Å². The number of alkyl halides is 3. The Morgan fingerprint density at radius 3 is 2.51 bits per heavy atom. The van der Waals surface area contributed by atoms with Gasteiger partial charge in [-0.2, -0.15) is 13.2 Å². The van der Waals surface area contributed by atoms with Crippen molar-refractivity contribution in [2.45, 2.75) is 49.4 Å². The molecule has 2 fully saturated rings. The number of anilines is 1. The monoisotopic (exact) mass is 495 g/mol. The molecule has 2 aliphatic rings. The van der Waals surface area contributed by atoms with Crippen molar-refractivity contribution in [2.24, 2.45) is 0 Å². The lowest BCUT2D eigenvalue weighted by Gasteiger charge is -2.45. The van der Waals surface area contributed by atoms with Gasteiger partial charge in [-0.15, -0.1) is 0 Å². The molecule has 0 spiro atoms. The van der Waals surface area contributed by atoms with E-state index in [1.54, 1.807) is 14.2 Å². The first kappa shape index (κ1) is 25.1. The van der Waals surface area contributed by atoms with Crippen LogP contribution in [0.2, 0.25) is 0 Å². The van der Waals surface area contributed by atoms with Crippen LogP contribution in [0.4, 0.5) is 28.0 Å². The number of carbonyl (C=O) groups is 1. The van der Waals surface area contributed by atoms with Crippen LogP contribution in [-0.4, -0.2) is 50.8 Å². The van der Waals surface area contributed by atoms with Crippen molar-refractivity contribution in [3.63, 3.8) is 0 Å². The van der Waals surface area contributed by atoms with Crippen LogP contribution in [0.3, 0.4) is 0 Å². The second kappa shape index (κ2) is 9.56. The van der Waals surface area contributed by atoms with Crippen LogP contribution >= 0.6 is 0 Å². The maximum Gasteiger partial charge on any atom is 0.418 e. The zero-order valence-corrected chi connectivity index (χ0v) is 19.8. The second-order valence-electron chi connectivity index (χ2n) is 9.23. The molecule has 1 saturated carbocycles. The fraction of sp³-hybridized carbons (Fsp3) is 0.480. The topological polar surface area (TPSA) is 62.8 Å². The number of fused-ring (bicyclic) bond motifs is 1. The first-order chi connectivity index (χ1) is 16.6. The Hall–Kier alpha value is -3.01. The van der Waals surface area contributed by atoms with E-state index in [-0.39, 0.29) is 17.5 Å². The van der Waals surface area contributed by atoms with E-state index in [9.17, 15) is 22.4 Å². The molecule has 0 aromatic heterocycles. The minimum Gasteiger partial charge on any atom is -0.493 e. The Balaban J connectivity index is 1.49. The predicted octanol–water partition coefficient (Wildman–Crippen LogP) is 5.18. The molecule has 1 heterocycles. The highest BCUT2D eigenvalue weighted by atomic mass is 19.4. The zero-order valence-electron chi connectivity index (χ0n) is 19.8. The number of nitrogens with zero attached hydrogens (tertiary/aromatic N) is 1. The molecule has 0 bridgehead atoms. The second-order valence-corrected chi connectivity index (χ2v) is 9.23. The van der Waals surface area contributed by atoms with Crippen LogP contribution in [0.15, 0.2) is 36.4 Å². The maximum atomic E-state index is 13.4. The molecule has 10 heteroatoms. The van der Waals surface area contributed by atoms with E-state index in [0.29, 0.717) is 30.4 Å². The van der Waals surface area contributed by atoms with Crippen molar-refractivity contribution in [3.8, 4) is 11.5 Å². The first-order valence-electron chi connectivity index (χ1n) is 11.4. The average Bonchev–Trinajstić information content (AvgIpc) is 3.16. The van der Waals surface area contributed by atoms with Gasteiger partial charge in [-0.3, -0.25) is 0 Å². The molecule has 2 aromatic rings. The lowest BCUT2D eigenvalue weighted by atomic mass is 9.65. The van der Waals surface area contributed by atoms with E-state index in [1.165, 1.54) is 0 Å². The number of benzene rings is 2. The van der Waals surface area contributed by atoms with Crippen LogP contribution < -0.4 is 20.1 Å².